The molecule has 0 fully saturated rings. The highest BCUT2D eigenvalue weighted by Gasteiger charge is 2.35. The Morgan fingerprint density at radius 1 is 0.136 bits per heavy atom. The Bertz CT molecular complexity index is 5720. The molecular formula is C147H200. The van der Waals surface area contributed by atoms with E-state index < -0.39 is 0 Å². The van der Waals surface area contributed by atoms with Crippen molar-refractivity contribution in [1.29, 1.82) is 0 Å². The first-order chi connectivity index (χ1) is 72.6. The predicted octanol–water partition coefficient (Wildman–Crippen LogP) is 48.0. The normalized spacial score (nSPS) is 11.0. The standard InChI is InChI=1S/2C15H14.2C14H10.2C13H10.3C9H8.18C2H6/c2*1-15(2)13-9-5-3-7-11(13)12-8-4-6-10-14(12)15;2*1-3-7-13-11(5-1)9-10-12-6-2-4-8-14(12)13;2*1-4-10-6-2-8-12-9-3-7-11(5-1)13(10)12;3*1-2-5-9-7-3-6-8(9)4-1;18*1-2/h2*3-10H,1-2H3;2*1-10H;2*1-8H,9H2;3*1-6H,7H2;18*1-2H3. The largest absolute Gasteiger partial charge is 0.0795 e. The van der Waals surface area contributed by atoms with Crippen LogP contribution in [-0.2, 0) is 42.9 Å². The van der Waals surface area contributed by atoms with Crippen LogP contribution in [-0.4, -0.2) is 0 Å². The fraction of sp³-hybridized carbons (Fsp3) is 0.320. The van der Waals surface area contributed by atoms with Crippen LogP contribution in [0.5, 0.6) is 0 Å². The van der Waals surface area contributed by atoms with Crippen LogP contribution in [0.2, 0.25) is 0 Å². The van der Waals surface area contributed by atoms with Crippen molar-refractivity contribution in [2.24, 2.45) is 0 Å². The van der Waals surface area contributed by atoms with Gasteiger partial charge in [0.2, 0.25) is 0 Å². The van der Waals surface area contributed by atoms with E-state index in [0.717, 1.165) is 32.1 Å². The maximum absolute atomic E-state index is 2.30. The number of rotatable bonds is 0. The second kappa shape index (κ2) is 86.2. The SMILES string of the molecule is C1=Cc2cccc3cccc(c23)C1.C1=Cc2cccc3cccc(c23)C1.C1=Cc2ccccc2C1.C1=Cc2ccccc2C1.C1=Cc2ccccc2C1.CC.CC.CC.CC.CC.CC.CC.CC.CC.CC.CC.CC.CC.CC.CC.CC.CC.CC.CC1(C)c2ccccc2-c2ccccc21.CC1(C)c2ccccc2-c2ccccc21.c1ccc2c(c1)ccc1ccccc12.c1ccc2c(c1)ccc1ccccc12. The fourth-order valence-electron chi connectivity index (χ4n) is 17.0. The summed E-state index contributed by atoms with van der Waals surface area (Å²) >= 11 is 0. The Kier molecular flexibility index (Phi) is 81.0. The number of hydrogen-bond acceptors (Lipinski definition) is 0. The average molecular weight is 1970 g/mol. The lowest BCUT2D eigenvalue weighted by atomic mass is 9.82. The summed E-state index contributed by atoms with van der Waals surface area (Å²) in [5.41, 5.74) is 25.9. The van der Waals surface area contributed by atoms with E-state index in [1.165, 1.54) is 165 Å². The Morgan fingerprint density at radius 2 is 0.293 bits per heavy atom. The third kappa shape index (κ3) is 41.0. The number of fused-ring (bicyclic) bond motifs is 15. The van der Waals surface area contributed by atoms with Gasteiger partial charge in [0.1, 0.15) is 0 Å². The molecule has 788 valence electrons. The summed E-state index contributed by atoms with van der Waals surface area (Å²) in [6, 6.07) is 129. The van der Waals surface area contributed by atoms with Crippen molar-refractivity contribution in [1.82, 2.24) is 0 Å². The highest BCUT2D eigenvalue weighted by atomic mass is 14.4. The minimum absolute atomic E-state index is 0.160. The molecule has 0 heterocycles. The summed E-state index contributed by atoms with van der Waals surface area (Å²) in [5.74, 6) is 0. The fourth-order valence-corrected chi connectivity index (χ4v) is 17.0. The lowest BCUT2D eigenvalue weighted by Crippen LogP contribution is -2.14. The minimum Gasteiger partial charge on any atom is -0.0795 e. The van der Waals surface area contributed by atoms with Crippen LogP contribution in [0.4, 0.5) is 0 Å². The Hall–Kier alpha value is -13.0. The smallest absolute Gasteiger partial charge is 0.0158 e. The van der Waals surface area contributed by atoms with Gasteiger partial charge in [0, 0.05) is 10.8 Å². The van der Waals surface area contributed by atoms with Crippen molar-refractivity contribution < 1.29 is 0 Å². The Morgan fingerprint density at radius 3 is 0.517 bits per heavy atom. The molecule has 7 aliphatic rings. The van der Waals surface area contributed by atoms with Crippen LogP contribution >= 0.6 is 0 Å². The van der Waals surface area contributed by atoms with E-state index in [2.05, 4.69) is 452 Å². The number of hydrogen-bond donors (Lipinski definition) is 0. The third-order valence-electron chi connectivity index (χ3n) is 22.7. The van der Waals surface area contributed by atoms with Gasteiger partial charge in [-0.2, -0.15) is 0 Å². The van der Waals surface area contributed by atoms with Gasteiger partial charge >= 0.3 is 0 Å². The molecule has 0 spiro atoms. The van der Waals surface area contributed by atoms with Crippen LogP contribution in [0, 0.1) is 0 Å². The van der Waals surface area contributed by atoms with Crippen LogP contribution in [0.3, 0.4) is 0 Å². The summed E-state index contributed by atoms with van der Waals surface area (Å²) in [6.07, 6.45) is 27.5. The molecule has 0 unspecified atom stereocenters. The maximum Gasteiger partial charge on any atom is 0.0158 e. The van der Waals surface area contributed by atoms with Crippen molar-refractivity contribution in [3.05, 3.63) is 472 Å². The summed E-state index contributed by atoms with van der Waals surface area (Å²) in [7, 11) is 0. The average Bonchev–Trinajstić information content (AvgIpc) is 1.59. The molecule has 0 saturated carbocycles. The van der Waals surface area contributed by atoms with Crippen molar-refractivity contribution in [2.75, 3.05) is 0 Å². The molecule has 0 heteroatoms. The molecular weight excluding hydrogens is 1770 g/mol. The second-order valence-corrected chi connectivity index (χ2v) is 30.3. The molecule has 0 saturated heterocycles. The summed E-state index contributed by atoms with van der Waals surface area (Å²) in [4.78, 5) is 0. The van der Waals surface area contributed by atoms with Crippen LogP contribution in [0.15, 0.2) is 394 Å². The van der Waals surface area contributed by atoms with Gasteiger partial charge in [0.05, 0.1) is 0 Å². The molecule has 147 heavy (non-hydrogen) atoms. The molecule has 7 aliphatic carbocycles. The molecule has 0 radical (unpaired) electrons. The summed E-state index contributed by atoms with van der Waals surface area (Å²) in [6.45, 7) is 81.2. The molecule has 0 aliphatic heterocycles. The van der Waals surface area contributed by atoms with Gasteiger partial charge in [-0.1, -0.05) is 702 Å². The lowest BCUT2D eigenvalue weighted by Gasteiger charge is -2.20. The molecule has 17 aromatic carbocycles. The topological polar surface area (TPSA) is 0 Å². The molecule has 0 aromatic heterocycles. The van der Waals surface area contributed by atoms with Gasteiger partial charge in [-0.25, -0.2) is 0 Å². The minimum atomic E-state index is 0.160. The van der Waals surface area contributed by atoms with Crippen LogP contribution < -0.4 is 0 Å². The van der Waals surface area contributed by atoms with Gasteiger partial charge in [0.25, 0.3) is 0 Å². The van der Waals surface area contributed by atoms with E-state index in [1.807, 2.05) is 249 Å². The van der Waals surface area contributed by atoms with Crippen molar-refractivity contribution >= 4 is 95.0 Å². The van der Waals surface area contributed by atoms with E-state index in [0.29, 0.717) is 0 Å². The Balaban J connectivity index is -0.00000153. The van der Waals surface area contributed by atoms with Gasteiger partial charge in [-0.05, 0) is 197 Å². The highest BCUT2D eigenvalue weighted by molar-refractivity contribution is 6.08. The second-order valence-electron chi connectivity index (χ2n) is 30.3. The zero-order valence-corrected chi connectivity index (χ0v) is 100.0. The summed E-state index contributed by atoms with van der Waals surface area (Å²) in [5, 5.41) is 16.2. The monoisotopic (exact) mass is 1970 g/mol. The van der Waals surface area contributed by atoms with Crippen molar-refractivity contribution in [2.45, 2.75) is 320 Å². The third-order valence-corrected chi connectivity index (χ3v) is 22.7. The molecule has 0 atom stereocenters. The van der Waals surface area contributed by atoms with Gasteiger partial charge < -0.3 is 0 Å². The van der Waals surface area contributed by atoms with Crippen LogP contribution in [0.1, 0.15) is 355 Å². The molecule has 0 bridgehead atoms. The van der Waals surface area contributed by atoms with E-state index in [-0.39, 0.29) is 10.8 Å². The molecule has 24 rings (SSSR count). The first kappa shape index (κ1) is 138. The van der Waals surface area contributed by atoms with Crippen molar-refractivity contribution in [3.63, 3.8) is 0 Å². The van der Waals surface area contributed by atoms with Gasteiger partial charge in [-0.3, -0.25) is 0 Å². The highest BCUT2D eigenvalue weighted by Crippen LogP contribution is 2.50. The molecule has 17 aromatic rings. The first-order valence-electron chi connectivity index (χ1n) is 57.3. The summed E-state index contributed by atoms with van der Waals surface area (Å²) < 4.78 is 0. The zero-order chi connectivity index (χ0) is 111. The number of benzene rings is 17. The quantitative estimate of drug-likeness (QED) is 0.133. The van der Waals surface area contributed by atoms with E-state index in [9.17, 15) is 0 Å². The van der Waals surface area contributed by atoms with Crippen LogP contribution in [0.25, 0.3) is 117 Å². The molecule has 0 nitrogen and oxygen atoms in total. The van der Waals surface area contributed by atoms with Gasteiger partial charge in [0.15, 0.2) is 0 Å². The van der Waals surface area contributed by atoms with Crippen molar-refractivity contribution in [3.8, 4) is 22.3 Å². The molecule has 0 N–H and O–H groups in total. The maximum atomic E-state index is 2.30. The number of allylic oxidation sites excluding steroid dienone is 5. The van der Waals surface area contributed by atoms with E-state index >= 15 is 0 Å². The van der Waals surface area contributed by atoms with E-state index in [4.69, 9.17) is 0 Å². The lowest BCUT2D eigenvalue weighted by molar-refractivity contribution is 0.660. The predicted molar refractivity (Wildman–Crippen MR) is 686 cm³/mol. The van der Waals surface area contributed by atoms with E-state index in [1.54, 1.807) is 0 Å². The first-order valence-corrected chi connectivity index (χ1v) is 57.3. The van der Waals surface area contributed by atoms with Gasteiger partial charge in [-0.15, -0.1) is 0 Å². The Labute approximate surface area is 903 Å². The zero-order valence-electron chi connectivity index (χ0n) is 100.0. The molecule has 0 amide bonds.